The molecule has 3 aromatic rings. The summed E-state index contributed by atoms with van der Waals surface area (Å²) >= 11 is 0. The molecular weight excluding hydrogens is 428 g/mol. The normalized spacial score (nSPS) is 14.5. The predicted molar refractivity (Wildman–Crippen MR) is 131 cm³/mol. The highest BCUT2D eigenvalue weighted by Gasteiger charge is 2.34. The number of nitrogens with zero attached hydrogens (tertiary/aromatic N) is 1. The van der Waals surface area contributed by atoms with Crippen molar-refractivity contribution in [2.45, 2.75) is 57.7 Å². The Labute approximate surface area is 200 Å². The number of carbonyl (C=O) groups is 2. The van der Waals surface area contributed by atoms with Crippen LogP contribution in [0.25, 0.3) is 0 Å². The number of benzene rings is 2. The molecule has 1 atom stereocenters. The van der Waals surface area contributed by atoms with Gasteiger partial charge in [0.05, 0.1) is 13.4 Å². The molecule has 178 valence electrons. The molecule has 1 saturated carbocycles. The zero-order valence-electron chi connectivity index (χ0n) is 19.8. The lowest BCUT2D eigenvalue weighted by Crippen LogP contribution is -2.45. The summed E-state index contributed by atoms with van der Waals surface area (Å²) in [5.41, 5.74) is 2.85. The largest absolute Gasteiger partial charge is 0.497 e. The SMILES string of the molecule is CCc1ccc([C@@H](C(=O)NC2CCCC2)N(Cc2ccc(OC)cc2)C(=O)c2ccco2)cc1. The minimum absolute atomic E-state index is 0.145. The van der Waals surface area contributed by atoms with Gasteiger partial charge < -0.3 is 19.4 Å². The van der Waals surface area contributed by atoms with Crippen molar-refractivity contribution in [2.75, 3.05) is 7.11 Å². The molecule has 0 radical (unpaired) electrons. The Kier molecular flexibility index (Phi) is 7.68. The first-order valence-electron chi connectivity index (χ1n) is 12.0. The van der Waals surface area contributed by atoms with Crippen molar-refractivity contribution in [1.29, 1.82) is 0 Å². The van der Waals surface area contributed by atoms with E-state index in [2.05, 4.69) is 12.2 Å². The molecule has 1 aliphatic rings. The van der Waals surface area contributed by atoms with E-state index in [4.69, 9.17) is 9.15 Å². The topological polar surface area (TPSA) is 71.8 Å². The van der Waals surface area contributed by atoms with Crippen molar-refractivity contribution < 1.29 is 18.7 Å². The quantitative estimate of drug-likeness (QED) is 0.471. The predicted octanol–water partition coefficient (Wildman–Crippen LogP) is 5.29. The maximum atomic E-state index is 13.7. The van der Waals surface area contributed by atoms with E-state index in [1.165, 1.54) is 11.8 Å². The minimum atomic E-state index is -0.786. The monoisotopic (exact) mass is 460 g/mol. The Balaban J connectivity index is 1.72. The molecule has 6 heteroatoms. The molecule has 4 rings (SSSR count). The number of methoxy groups -OCH3 is 1. The molecule has 1 heterocycles. The first-order chi connectivity index (χ1) is 16.6. The maximum absolute atomic E-state index is 13.7. The summed E-state index contributed by atoms with van der Waals surface area (Å²) in [5, 5.41) is 3.21. The Hall–Kier alpha value is -3.54. The third kappa shape index (κ3) is 5.50. The Morgan fingerprint density at radius 3 is 2.29 bits per heavy atom. The number of amides is 2. The summed E-state index contributed by atoms with van der Waals surface area (Å²) in [6.45, 7) is 2.34. The summed E-state index contributed by atoms with van der Waals surface area (Å²) in [6.07, 6.45) is 6.54. The number of hydrogen-bond acceptors (Lipinski definition) is 4. The number of aryl methyl sites for hydroxylation is 1. The van der Waals surface area contributed by atoms with Gasteiger partial charge in [-0.2, -0.15) is 0 Å². The first kappa shape index (κ1) is 23.6. The van der Waals surface area contributed by atoms with E-state index in [-0.39, 0.29) is 30.2 Å². The molecule has 0 spiro atoms. The van der Waals surface area contributed by atoms with Gasteiger partial charge in [-0.15, -0.1) is 0 Å². The van der Waals surface area contributed by atoms with Crippen LogP contribution < -0.4 is 10.1 Å². The van der Waals surface area contributed by atoms with Crippen LogP contribution in [0.1, 0.15) is 65.9 Å². The van der Waals surface area contributed by atoms with Gasteiger partial charge >= 0.3 is 0 Å². The highest BCUT2D eigenvalue weighted by molar-refractivity contribution is 5.96. The van der Waals surface area contributed by atoms with Crippen molar-refractivity contribution in [3.8, 4) is 5.75 Å². The smallest absolute Gasteiger partial charge is 0.290 e. The van der Waals surface area contributed by atoms with Gasteiger partial charge in [-0.25, -0.2) is 0 Å². The molecule has 0 unspecified atom stereocenters. The average Bonchev–Trinajstić information content (AvgIpc) is 3.59. The van der Waals surface area contributed by atoms with Crippen LogP contribution in [0.3, 0.4) is 0 Å². The van der Waals surface area contributed by atoms with Gasteiger partial charge in [0.25, 0.3) is 5.91 Å². The van der Waals surface area contributed by atoms with Crippen molar-refractivity contribution in [3.05, 3.63) is 89.4 Å². The van der Waals surface area contributed by atoms with Gasteiger partial charge in [0.2, 0.25) is 5.91 Å². The van der Waals surface area contributed by atoms with E-state index in [1.54, 1.807) is 24.1 Å². The van der Waals surface area contributed by atoms with Gasteiger partial charge in [0.15, 0.2) is 5.76 Å². The van der Waals surface area contributed by atoms with Crippen LogP contribution in [0.15, 0.2) is 71.3 Å². The van der Waals surface area contributed by atoms with Crippen molar-refractivity contribution in [1.82, 2.24) is 10.2 Å². The molecule has 34 heavy (non-hydrogen) atoms. The highest BCUT2D eigenvalue weighted by atomic mass is 16.5. The lowest BCUT2D eigenvalue weighted by Gasteiger charge is -2.32. The number of hydrogen-bond donors (Lipinski definition) is 1. The fourth-order valence-electron chi connectivity index (χ4n) is 4.51. The molecule has 1 aromatic heterocycles. The summed E-state index contributed by atoms with van der Waals surface area (Å²) in [7, 11) is 1.62. The van der Waals surface area contributed by atoms with E-state index in [0.29, 0.717) is 0 Å². The number of ether oxygens (including phenoxy) is 1. The number of rotatable bonds is 9. The summed E-state index contributed by atoms with van der Waals surface area (Å²) in [4.78, 5) is 28.9. The molecule has 2 aromatic carbocycles. The highest BCUT2D eigenvalue weighted by Crippen LogP contribution is 2.28. The molecule has 1 fully saturated rings. The lowest BCUT2D eigenvalue weighted by atomic mass is 10.00. The van der Waals surface area contributed by atoms with E-state index in [9.17, 15) is 9.59 Å². The second-order valence-electron chi connectivity index (χ2n) is 8.75. The van der Waals surface area contributed by atoms with Gasteiger partial charge in [-0.3, -0.25) is 9.59 Å². The zero-order valence-corrected chi connectivity index (χ0v) is 19.8. The van der Waals surface area contributed by atoms with Crippen LogP contribution in [-0.2, 0) is 17.8 Å². The summed E-state index contributed by atoms with van der Waals surface area (Å²) < 4.78 is 10.7. The van der Waals surface area contributed by atoms with Gasteiger partial charge in [0.1, 0.15) is 11.8 Å². The maximum Gasteiger partial charge on any atom is 0.290 e. The standard InChI is InChI=1S/C28H32N2O4/c1-3-20-10-14-22(15-11-20)26(27(31)29-23-7-4-5-8-23)30(28(32)25-9-6-18-34-25)19-21-12-16-24(33-2)17-13-21/h6,9-18,23,26H,3-5,7-8,19H2,1-2H3,(H,29,31)/t26-/m0/s1. The van der Waals surface area contributed by atoms with Crippen LogP contribution in [-0.4, -0.2) is 29.9 Å². The molecule has 2 amide bonds. The fourth-order valence-corrected chi connectivity index (χ4v) is 4.51. The van der Waals surface area contributed by atoms with E-state index < -0.39 is 6.04 Å². The van der Waals surface area contributed by atoms with Crippen molar-refractivity contribution in [2.24, 2.45) is 0 Å². The van der Waals surface area contributed by atoms with Gasteiger partial charge in [0, 0.05) is 12.6 Å². The number of furan rings is 1. The lowest BCUT2D eigenvalue weighted by molar-refractivity contribution is -0.126. The van der Waals surface area contributed by atoms with Crippen LogP contribution in [0.5, 0.6) is 5.75 Å². The summed E-state index contributed by atoms with van der Waals surface area (Å²) in [5.74, 6) is 0.451. The minimum Gasteiger partial charge on any atom is -0.497 e. The average molecular weight is 461 g/mol. The molecule has 0 aliphatic heterocycles. The van der Waals surface area contributed by atoms with Crippen LogP contribution >= 0.6 is 0 Å². The zero-order chi connectivity index (χ0) is 23.9. The molecular formula is C28H32N2O4. The van der Waals surface area contributed by atoms with Crippen LogP contribution in [0.4, 0.5) is 0 Å². The third-order valence-electron chi connectivity index (χ3n) is 6.47. The second kappa shape index (κ2) is 11.1. The van der Waals surface area contributed by atoms with E-state index in [0.717, 1.165) is 49.0 Å². The Morgan fingerprint density at radius 1 is 1.03 bits per heavy atom. The Morgan fingerprint density at radius 2 is 1.71 bits per heavy atom. The second-order valence-corrected chi connectivity index (χ2v) is 8.75. The number of nitrogens with one attached hydrogen (secondary N) is 1. The van der Waals surface area contributed by atoms with Gasteiger partial charge in [-0.05, 0) is 60.2 Å². The molecule has 1 N–H and O–H groups in total. The molecule has 1 aliphatic carbocycles. The van der Waals surface area contributed by atoms with E-state index >= 15 is 0 Å². The van der Waals surface area contributed by atoms with Crippen LogP contribution in [0.2, 0.25) is 0 Å². The van der Waals surface area contributed by atoms with Crippen molar-refractivity contribution >= 4 is 11.8 Å². The summed E-state index contributed by atoms with van der Waals surface area (Å²) in [6, 6.07) is 18.2. The van der Waals surface area contributed by atoms with E-state index in [1.807, 2.05) is 48.5 Å². The van der Waals surface area contributed by atoms with Gasteiger partial charge in [-0.1, -0.05) is 56.2 Å². The Bertz CT molecular complexity index is 1070. The third-order valence-corrected chi connectivity index (χ3v) is 6.47. The van der Waals surface area contributed by atoms with Crippen molar-refractivity contribution in [3.63, 3.8) is 0 Å². The molecule has 6 nitrogen and oxygen atoms in total. The molecule has 0 bridgehead atoms. The fraction of sp³-hybridized carbons (Fsp3) is 0.357. The number of carbonyl (C=O) groups excluding carboxylic acids is 2. The molecule has 0 saturated heterocycles. The van der Waals surface area contributed by atoms with Crippen LogP contribution in [0, 0.1) is 0 Å². The first-order valence-corrected chi connectivity index (χ1v) is 12.0.